The summed E-state index contributed by atoms with van der Waals surface area (Å²) in [5, 5.41) is 0. The molecule has 0 aliphatic rings. The first-order valence-electron chi connectivity index (χ1n) is 5.69. The Morgan fingerprint density at radius 1 is 1.33 bits per heavy atom. The van der Waals surface area contributed by atoms with Gasteiger partial charge in [-0.25, -0.2) is 4.39 Å². The van der Waals surface area contributed by atoms with Gasteiger partial charge in [-0.15, -0.1) is 0 Å². The number of nitrogens with two attached hydrogens (primary N) is 1. The van der Waals surface area contributed by atoms with Gasteiger partial charge in [0.1, 0.15) is 0 Å². The maximum Gasteiger partial charge on any atom is 0.165 e. The summed E-state index contributed by atoms with van der Waals surface area (Å²) in [6.07, 6.45) is 2.29. The summed E-state index contributed by atoms with van der Waals surface area (Å²) in [7, 11) is 1.44. The van der Waals surface area contributed by atoms with Gasteiger partial charge in [-0.2, -0.15) is 0 Å². The van der Waals surface area contributed by atoms with Gasteiger partial charge in [0.15, 0.2) is 11.6 Å². The van der Waals surface area contributed by atoms with Crippen LogP contribution in [0.25, 0.3) is 0 Å². The van der Waals surface area contributed by atoms with Crippen LogP contribution in [0, 0.1) is 5.82 Å². The number of hydrogen-bond acceptors (Lipinski definition) is 3. The lowest BCUT2D eigenvalue weighted by atomic mass is 10.0. The van der Waals surface area contributed by atoms with Gasteiger partial charge >= 0.3 is 0 Å². The molecule has 1 aromatic carbocycles. The van der Waals surface area contributed by atoms with Crippen molar-refractivity contribution >= 4 is 0 Å². The molecule has 0 saturated heterocycles. The number of rotatable bonds is 4. The first-order chi connectivity index (χ1) is 8.70. The lowest BCUT2D eigenvalue weighted by Gasteiger charge is -2.12. The van der Waals surface area contributed by atoms with E-state index in [0.717, 1.165) is 11.3 Å². The van der Waals surface area contributed by atoms with Crippen molar-refractivity contribution in [3.05, 3.63) is 59.7 Å². The third-order valence-corrected chi connectivity index (χ3v) is 2.76. The van der Waals surface area contributed by atoms with Crippen LogP contribution in [-0.4, -0.2) is 12.1 Å². The minimum Gasteiger partial charge on any atom is -0.494 e. The molecule has 0 amide bonds. The highest BCUT2D eigenvalue weighted by atomic mass is 19.1. The van der Waals surface area contributed by atoms with Crippen LogP contribution >= 0.6 is 0 Å². The molecule has 0 aliphatic carbocycles. The Balaban J connectivity index is 2.14. The van der Waals surface area contributed by atoms with Crippen LogP contribution in [0.1, 0.15) is 17.3 Å². The van der Waals surface area contributed by atoms with Crippen molar-refractivity contribution in [1.29, 1.82) is 0 Å². The average molecular weight is 246 g/mol. The normalized spacial score (nSPS) is 12.2. The quantitative estimate of drug-likeness (QED) is 0.901. The number of halogens is 1. The molecule has 2 rings (SSSR count). The van der Waals surface area contributed by atoms with E-state index in [9.17, 15) is 4.39 Å². The number of benzene rings is 1. The molecule has 94 valence electrons. The molecule has 1 atom stereocenters. The number of ether oxygens (including phenoxy) is 1. The smallest absolute Gasteiger partial charge is 0.165 e. The zero-order valence-electron chi connectivity index (χ0n) is 10.1. The second-order valence-electron chi connectivity index (χ2n) is 4.03. The Morgan fingerprint density at radius 3 is 2.78 bits per heavy atom. The van der Waals surface area contributed by atoms with Gasteiger partial charge in [0.2, 0.25) is 0 Å². The minimum atomic E-state index is -0.397. The Hall–Kier alpha value is -1.94. The van der Waals surface area contributed by atoms with Crippen molar-refractivity contribution in [1.82, 2.24) is 4.98 Å². The third-order valence-electron chi connectivity index (χ3n) is 2.76. The van der Waals surface area contributed by atoms with Gasteiger partial charge < -0.3 is 10.5 Å². The molecule has 0 saturated carbocycles. The molecular formula is C14H15FN2O. The van der Waals surface area contributed by atoms with Gasteiger partial charge in [-0.3, -0.25) is 4.98 Å². The fourth-order valence-corrected chi connectivity index (χ4v) is 1.78. The second-order valence-corrected chi connectivity index (χ2v) is 4.03. The van der Waals surface area contributed by atoms with E-state index < -0.39 is 5.82 Å². The van der Waals surface area contributed by atoms with E-state index in [1.807, 2.05) is 18.2 Å². The summed E-state index contributed by atoms with van der Waals surface area (Å²) in [5.74, 6) is -0.171. The molecule has 3 nitrogen and oxygen atoms in total. The summed E-state index contributed by atoms with van der Waals surface area (Å²) in [5.41, 5.74) is 7.67. The summed E-state index contributed by atoms with van der Waals surface area (Å²) in [6, 6.07) is 10.1. The second kappa shape index (κ2) is 5.60. The van der Waals surface area contributed by atoms with Crippen LogP contribution in [0.2, 0.25) is 0 Å². The molecule has 1 heterocycles. The molecule has 0 radical (unpaired) electrons. The largest absolute Gasteiger partial charge is 0.494 e. The highest BCUT2D eigenvalue weighted by Crippen LogP contribution is 2.22. The lowest BCUT2D eigenvalue weighted by Crippen LogP contribution is -2.14. The molecule has 0 aliphatic heterocycles. The van der Waals surface area contributed by atoms with Crippen LogP contribution in [0.4, 0.5) is 4.39 Å². The number of nitrogens with zero attached hydrogens (tertiary/aromatic N) is 1. The van der Waals surface area contributed by atoms with Crippen molar-refractivity contribution < 1.29 is 9.13 Å². The average Bonchev–Trinajstić information content (AvgIpc) is 2.39. The first-order valence-corrected chi connectivity index (χ1v) is 5.69. The minimum absolute atomic E-state index is 0.226. The first kappa shape index (κ1) is 12.5. The van der Waals surface area contributed by atoms with E-state index in [2.05, 4.69) is 4.98 Å². The van der Waals surface area contributed by atoms with Gasteiger partial charge in [0.25, 0.3) is 0 Å². The van der Waals surface area contributed by atoms with E-state index in [-0.39, 0.29) is 11.8 Å². The van der Waals surface area contributed by atoms with Gasteiger partial charge in [-0.05, 0) is 29.8 Å². The van der Waals surface area contributed by atoms with E-state index >= 15 is 0 Å². The van der Waals surface area contributed by atoms with Crippen LogP contribution in [0.5, 0.6) is 5.75 Å². The van der Waals surface area contributed by atoms with E-state index in [1.54, 1.807) is 18.3 Å². The molecule has 0 fully saturated rings. The maximum atomic E-state index is 13.6. The number of pyridine rings is 1. The molecule has 0 spiro atoms. The van der Waals surface area contributed by atoms with Crippen LogP contribution in [0.15, 0.2) is 42.6 Å². The molecule has 1 aromatic heterocycles. The predicted molar refractivity (Wildman–Crippen MR) is 67.8 cm³/mol. The highest BCUT2D eigenvalue weighted by molar-refractivity contribution is 5.31. The third kappa shape index (κ3) is 2.84. The Morgan fingerprint density at radius 2 is 2.17 bits per heavy atom. The van der Waals surface area contributed by atoms with Crippen molar-refractivity contribution in [2.45, 2.75) is 12.5 Å². The molecule has 18 heavy (non-hydrogen) atoms. The van der Waals surface area contributed by atoms with Crippen LogP contribution in [-0.2, 0) is 6.42 Å². The van der Waals surface area contributed by atoms with Gasteiger partial charge in [0.05, 0.1) is 7.11 Å². The molecule has 4 heteroatoms. The summed E-state index contributed by atoms with van der Waals surface area (Å²) < 4.78 is 18.4. The molecule has 2 N–H and O–H groups in total. The standard InChI is InChI=1S/C14H15FN2O/c1-18-14-6-5-10(8-12(14)15)13(16)9-11-4-2-3-7-17-11/h2-8,13H,9,16H2,1H3. The van der Waals surface area contributed by atoms with Crippen molar-refractivity contribution in [3.8, 4) is 5.75 Å². The fraction of sp³-hybridized carbons (Fsp3) is 0.214. The molecule has 1 unspecified atom stereocenters. The highest BCUT2D eigenvalue weighted by Gasteiger charge is 2.11. The fourth-order valence-electron chi connectivity index (χ4n) is 1.78. The number of methoxy groups -OCH3 is 1. The molecule has 0 bridgehead atoms. The monoisotopic (exact) mass is 246 g/mol. The van der Waals surface area contributed by atoms with Gasteiger partial charge in [-0.1, -0.05) is 12.1 Å². The van der Waals surface area contributed by atoms with Gasteiger partial charge in [0, 0.05) is 24.4 Å². The predicted octanol–water partition coefficient (Wildman–Crippen LogP) is 2.47. The Bertz CT molecular complexity index is 516. The maximum absolute atomic E-state index is 13.6. The Labute approximate surface area is 105 Å². The van der Waals surface area contributed by atoms with E-state index in [4.69, 9.17) is 10.5 Å². The van der Waals surface area contributed by atoms with Crippen molar-refractivity contribution in [2.75, 3.05) is 7.11 Å². The number of hydrogen-bond donors (Lipinski definition) is 1. The van der Waals surface area contributed by atoms with Crippen LogP contribution in [0.3, 0.4) is 0 Å². The topological polar surface area (TPSA) is 48.1 Å². The van der Waals surface area contributed by atoms with Crippen molar-refractivity contribution in [2.24, 2.45) is 5.73 Å². The number of aromatic nitrogens is 1. The summed E-state index contributed by atoms with van der Waals surface area (Å²) in [4.78, 5) is 4.20. The zero-order valence-corrected chi connectivity index (χ0v) is 10.1. The summed E-state index contributed by atoms with van der Waals surface area (Å²) >= 11 is 0. The van der Waals surface area contributed by atoms with Crippen LogP contribution < -0.4 is 10.5 Å². The zero-order chi connectivity index (χ0) is 13.0. The Kier molecular flexibility index (Phi) is 3.89. The van der Waals surface area contributed by atoms with E-state index in [1.165, 1.54) is 13.2 Å². The lowest BCUT2D eigenvalue weighted by molar-refractivity contribution is 0.386. The molecule has 2 aromatic rings. The SMILES string of the molecule is COc1ccc(C(N)Cc2ccccn2)cc1F. The van der Waals surface area contributed by atoms with Crippen molar-refractivity contribution in [3.63, 3.8) is 0 Å². The summed E-state index contributed by atoms with van der Waals surface area (Å²) in [6.45, 7) is 0. The van der Waals surface area contributed by atoms with E-state index in [0.29, 0.717) is 6.42 Å². The molecular weight excluding hydrogens is 231 g/mol.